The van der Waals surface area contributed by atoms with E-state index >= 15 is 0 Å². The maximum Gasteiger partial charge on any atom is 0.336 e. The normalized spacial score (nSPS) is 20.9. The van der Waals surface area contributed by atoms with E-state index in [2.05, 4.69) is 0 Å². The van der Waals surface area contributed by atoms with Crippen LogP contribution in [-0.2, 0) is 16.1 Å². The van der Waals surface area contributed by atoms with Crippen LogP contribution in [0.2, 0.25) is 5.02 Å². The van der Waals surface area contributed by atoms with Gasteiger partial charge in [-0.15, -0.1) is 0 Å². The molecule has 0 amide bonds. The summed E-state index contributed by atoms with van der Waals surface area (Å²) in [6, 6.07) is 4.45. The van der Waals surface area contributed by atoms with Crippen LogP contribution in [0.1, 0.15) is 18.4 Å². The summed E-state index contributed by atoms with van der Waals surface area (Å²) in [6.45, 7) is 2.29. The lowest BCUT2D eigenvalue weighted by atomic mass is 9.96. The van der Waals surface area contributed by atoms with Crippen LogP contribution >= 0.6 is 11.6 Å². The highest BCUT2D eigenvalue weighted by molar-refractivity contribution is 6.32. The maximum absolute atomic E-state index is 11.8. The van der Waals surface area contributed by atoms with Crippen molar-refractivity contribution in [1.29, 1.82) is 0 Å². The number of rotatable bonds is 3. The predicted molar refractivity (Wildman–Crippen MR) is 88.3 cm³/mol. The van der Waals surface area contributed by atoms with Crippen LogP contribution in [0, 0.1) is 5.92 Å². The van der Waals surface area contributed by atoms with Gasteiger partial charge in [-0.3, -0.25) is 4.79 Å². The number of carbonyl (C=O) groups excluding carboxylic acids is 1. The summed E-state index contributed by atoms with van der Waals surface area (Å²) in [5.41, 5.74) is 0.695. The number of quaternary nitrogens is 1. The molecule has 3 rings (SSSR count). The van der Waals surface area contributed by atoms with Gasteiger partial charge in [0.15, 0.2) is 0 Å². The maximum atomic E-state index is 11.8. The largest absolute Gasteiger partial charge is 0.506 e. The summed E-state index contributed by atoms with van der Waals surface area (Å²) < 4.78 is 9.95. The van der Waals surface area contributed by atoms with Gasteiger partial charge in [-0.05, 0) is 6.07 Å². The molecule has 2 aromatic rings. The number of ether oxygens (including phenoxy) is 1. The standard InChI is InChI=1S/C17H18ClNO5/c1-23-17(22)10-2-4-19(5-3-10)9-11-6-16(21)24-15-8-14(20)13(18)7-12(11)15/h6-8,10,20H,2-5,9H2,1H3/p+1. The van der Waals surface area contributed by atoms with Gasteiger partial charge in [-0.2, -0.15) is 0 Å². The number of aromatic hydroxyl groups is 1. The molecule has 0 spiro atoms. The zero-order valence-electron chi connectivity index (χ0n) is 13.3. The first-order chi connectivity index (χ1) is 11.5. The van der Waals surface area contributed by atoms with Gasteiger partial charge in [-0.1, -0.05) is 11.6 Å². The second kappa shape index (κ2) is 6.83. The van der Waals surface area contributed by atoms with Crippen LogP contribution in [-0.4, -0.2) is 31.3 Å². The Morgan fingerprint density at radius 2 is 2.08 bits per heavy atom. The van der Waals surface area contributed by atoms with Gasteiger partial charge in [0.25, 0.3) is 0 Å². The third kappa shape index (κ3) is 3.39. The Hall–Kier alpha value is -2.05. The lowest BCUT2D eigenvalue weighted by Crippen LogP contribution is -3.11. The van der Waals surface area contributed by atoms with Crippen LogP contribution < -0.4 is 10.5 Å². The number of hydrogen-bond acceptors (Lipinski definition) is 5. The van der Waals surface area contributed by atoms with Gasteiger partial charge < -0.3 is 19.2 Å². The molecule has 2 heterocycles. The number of fused-ring (bicyclic) bond motifs is 1. The SMILES string of the molecule is COC(=O)C1CC[NH+](Cc2cc(=O)oc3cc(O)c(Cl)cc23)CC1. The Kier molecular flexibility index (Phi) is 4.78. The minimum Gasteiger partial charge on any atom is -0.506 e. The molecule has 0 bridgehead atoms. The number of phenols is 1. The number of methoxy groups -OCH3 is 1. The van der Waals surface area contributed by atoms with Crippen molar-refractivity contribution in [2.45, 2.75) is 19.4 Å². The number of esters is 1. The van der Waals surface area contributed by atoms with E-state index in [1.807, 2.05) is 0 Å². The van der Waals surface area contributed by atoms with E-state index in [0.29, 0.717) is 12.1 Å². The average Bonchev–Trinajstić information content (AvgIpc) is 2.56. The van der Waals surface area contributed by atoms with Gasteiger partial charge >= 0.3 is 11.6 Å². The van der Waals surface area contributed by atoms with Crippen LogP contribution in [0.5, 0.6) is 5.75 Å². The quantitative estimate of drug-likeness (QED) is 0.639. The predicted octanol–water partition coefficient (Wildman–Crippen LogP) is 1.12. The Balaban J connectivity index is 1.82. The molecule has 1 saturated heterocycles. The van der Waals surface area contributed by atoms with Crippen LogP contribution in [0.15, 0.2) is 27.4 Å². The molecule has 1 fully saturated rings. The zero-order valence-corrected chi connectivity index (χ0v) is 14.1. The van der Waals surface area contributed by atoms with Crippen molar-refractivity contribution < 1.29 is 24.0 Å². The van der Waals surface area contributed by atoms with Gasteiger partial charge in [-0.25, -0.2) is 4.79 Å². The molecule has 1 aliphatic rings. The lowest BCUT2D eigenvalue weighted by molar-refractivity contribution is -0.919. The van der Waals surface area contributed by atoms with Crippen molar-refractivity contribution in [3.05, 3.63) is 39.2 Å². The van der Waals surface area contributed by atoms with Gasteiger partial charge in [0.05, 0.1) is 31.1 Å². The fraction of sp³-hybridized carbons (Fsp3) is 0.412. The molecule has 1 aliphatic heterocycles. The number of phenolic OH excluding ortho intramolecular Hbond substituents is 1. The molecule has 0 atom stereocenters. The topological polar surface area (TPSA) is 81.2 Å². The number of halogens is 1. The highest BCUT2D eigenvalue weighted by Gasteiger charge is 2.28. The Morgan fingerprint density at radius 1 is 1.38 bits per heavy atom. The highest BCUT2D eigenvalue weighted by Crippen LogP contribution is 2.29. The first-order valence-corrected chi connectivity index (χ1v) is 8.22. The second-order valence-electron chi connectivity index (χ2n) is 6.11. The molecule has 0 unspecified atom stereocenters. The van der Waals surface area contributed by atoms with Crippen LogP contribution in [0.3, 0.4) is 0 Å². The molecule has 0 radical (unpaired) electrons. The number of nitrogens with one attached hydrogen (secondary N) is 1. The summed E-state index contributed by atoms with van der Waals surface area (Å²) in [6.07, 6.45) is 1.53. The Labute approximate surface area is 143 Å². The third-order valence-corrected chi connectivity index (χ3v) is 4.87. The molecule has 1 aromatic heterocycles. The minimum absolute atomic E-state index is 0.0391. The summed E-state index contributed by atoms with van der Waals surface area (Å²) >= 11 is 5.98. The van der Waals surface area contributed by atoms with Gasteiger partial charge in [0.1, 0.15) is 17.9 Å². The molecule has 24 heavy (non-hydrogen) atoms. The van der Waals surface area contributed by atoms with E-state index in [1.165, 1.54) is 24.1 Å². The number of piperidine rings is 1. The number of carbonyl (C=O) groups is 1. The monoisotopic (exact) mass is 352 g/mol. The second-order valence-corrected chi connectivity index (χ2v) is 6.52. The van der Waals surface area contributed by atoms with Crippen LogP contribution in [0.4, 0.5) is 0 Å². The van der Waals surface area contributed by atoms with Gasteiger partial charge in [0, 0.05) is 35.9 Å². The highest BCUT2D eigenvalue weighted by atomic mass is 35.5. The third-order valence-electron chi connectivity index (χ3n) is 4.57. The summed E-state index contributed by atoms with van der Waals surface area (Å²) in [5, 5.41) is 10.6. The van der Waals surface area contributed by atoms with Crippen molar-refractivity contribution in [2.75, 3.05) is 20.2 Å². The van der Waals surface area contributed by atoms with Crippen molar-refractivity contribution in [1.82, 2.24) is 0 Å². The van der Waals surface area contributed by atoms with Crippen molar-refractivity contribution >= 4 is 28.5 Å². The average molecular weight is 353 g/mol. The molecule has 6 nitrogen and oxygen atoms in total. The fourth-order valence-electron chi connectivity index (χ4n) is 3.26. The number of hydrogen-bond donors (Lipinski definition) is 2. The van der Waals surface area contributed by atoms with E-state index < -0.39 is 5.63 Å². The van der Waals surface area contributed by atoms with Gasteiger partial charge in [0.2, 0.25) is 0 Å². The van der Waals surface area contributed by atoms with Crippen molar-refractivity contribution in [2.24, 2.45) is 5.92 Å². The number of likely N-dealkylation sites (tertiary alicyclic amines) is 1. The van der Waals surface area contributed by atoms with Crippen molar-refractivity contribution in [3.8, 4) is 5.75 Å². The first-order valence-electron chi connectivity index (χ1n) is 7.84. The number of benzene rings is 1. The first kappa shape index (κ1) is 16.8. The summed E-state index contributed by atoms with van der Waals surface area (Å²) in [7, 11) is 1.41. The molecule has 7 heteroatoms. The van der Waals surface area contributed by atoms with Crippen LogP contribution in [0.25, 0.3) is 11.0 Å². The molecule has 0 aliphatic carbocycles. The minimum atomic E-state index is -0.455. The fourth-order valence-corrected chi connectivity index (χ4v) is 3.42. The molecule has 1 aromatic carbocycles. The molecule has 2 N–H and O–H groups in total. The van der Waals surface area contributed by atoms with E-state index in [4.69, 9.17) is 20.8 Å². The van der Waals surface area contributed by atoms with E-state index in [1.54, 1.807) is 6.07 Å². The van der Waals surface area contributed by atoms with E-state index in [9.17, 15) is 14.7 Å². The molecular weight excluding hydrogens is 334 g/mol. The molecule has 128 valence electrons. The molecule has 0 saturated carbocycles. The van der Waals surface area contributed by atoms with E-state index in [-0.39, 0.29) is 22.7 Å². The Bertz CT molecular complexity index is 824. The summed E-state index contributed by atoms with van der Waals surface area (Å²) in [5.74, 6) is -0.305. The zero-order chi connectivity index (χ0) is 17.3. The summed E-state index contributed by atoms with van der Waals surface area (Å²) in [4.78, 5) is 24.7. The Morgan fingerprint density at radius 3 is 2.75 bits per heavy atom. The van der Waals surface area contributed by atoms with E-state index in [0.717, 1.165) is 36.9 Å². The smallest absolute Gasteiger partial charge is 0.336 e. The molecular formula is C17H19ClNO5+. The van der Waals surface area contributed by atoms with Crippen molar-refractivity contribution in [3.63, 3.8) is 0 Å². The lowest BCUT2D eigenvalue weighted by Gasteiger charge is -2.28.